The number of rotatable bonds is 7. The minimum absolute atomic E-state index is 0.614. The van der Waals surface area contributed by atoms with Crippen LogP contribution in [0.5, 0.6) is 11.5 Å². The molecule has 1 N–H and O–H groups in total. The third kappa shape index (κ3) is 3.62. The Morgan fingerprint density at radius 2 is 1.90 bits per heavy atom. The Hall–Kier alpha value is -1.42. The molecule has 4 heteroatoms. The van der Waals surface area contributed by atoms with Crippen molar-refractivity contribution in [1.82, 2.24) is 5.32 Å². The van der Waals surface area contributed by atoms with Crippen LogP contribution >= 0.6 is 0 Å². The molecule has 1 aliphatic heterocycles. The molecule has 0 spiro atoms. The molecule has 4 nitrogen and oxygen atoms in total. The summed E-state index contributed by atoms with van der Waals surface area (Å²) in [6.07, 6.45) is 3.90. The van der Waals surface area contributed by atoms with Gasteiger partial charge in [-0.2, -0.15) is 0 Å². The molecular weight excluding hydrogens is 264 g/mol. The van der Waals surface area contributed by atoms with E-state index in [1.807, 2.05) is 26.0 Å². The lowest BCUT2D eigenvalue weighted by Crippen LogP contribution is -2.34. The Morgan fingerprint density at radius 3 is 2.62 bits per heavy atom. The topological polar surface area (TPSA) is 33.7 Å². The molecule has 2 aliphatic rings. The number of ether oxygens (including phenoxy) is 2. The van der Waals surface area contributed by atoms with Gasteiger partial charge in [-0.3, -0.25) is 0 Å². The van der Waals surface area contributed by atoms with Crippen LogP contribution in [0.25, 0.3) is 0 Å². The van der Waals surface area contributed by atoms with Crippen LogP contribution in [-0.2, 0) is 0 Å². The molecule has 1 aromatic rings. The maximum absolute atomic E-state index is 5.79. The molecular formula is C17H26N2O2. The van der Waals surface area contributed by atoms with Crippen molar-refractivity contribution < 1.29 is 9.47 Å². The van der Waals surface area contributed by atoms with Gasteiger partial charge in [-0.05, 0) is 45.2 Å². The Labute approximate surface area is 127 Å². The number of nitrogens with one attached hydrogen (secondary N) is 1. The highest BCUT2D eigenvalue weighted by Gasteiger charge is 2.30. The van der Waals surface area contributed by atoms with Crippen molar-refractivity contribution in [3.05, 3.63) is 18.2 Å². The highest BCUT2D eigenvalue weighted by atomic mass is 16.5. The van der Waals surface area contributed by atoms with Crippen molar-refractivity contribution in [2.75, 3.05) is 31.2 Å². The molecule has 1 unspecified atom stereocenters. The summed E-state index contributed by atoms with van der Waals surface area (Å²) in [5.41, 5.74) is 1.17. The average molecular weight is 290 g/mol. The Bertz CT molecular complexity index is 474. The van der Waals surface area contributed by atoms with E-state index in [0.717, 1.165) is 30.6 Å². The lowest BCUT2D eigenvalue weighted by atomic mass is 10.2. The summed E-state index contributed by atoms with van der Waals surface area (Å²) in [5, 5.41) is 3.73. The van der Waals surface area contributed by atoms with Crippen LogP contribution in [0.2, 0.25) is 0 Å². The van der Waals surface area contributed by atoms with E-state index in [0.29, 0.717) is 19.3 Å². The van der Waals surface area contributed by atoms with Gasteiger partial charge in [0, 0.05) is 31.2 Å². The third-order valence-electron chi connectivity index (χ3n) is 4.12. The number of nitrogens with zero attached hydrogens (tertiary/aromatic N) is 1. The van der Waals surface area contributed by atoms with E-state index in [1.54, 1.807) is 0 Å². The number of anilines is 1. The van der Waals surface area contributed by atoms with E-state index in [1.165, 1.54) is 24.9 Å². The van der Waals surface area contributed by atoms with Crippen LogP contribution < -0.4 is 19.7 Å². The summed E-state index contributed by atoms with van der Waals surface area (Å²) in [4.78, 5) is 2.42. The Morgan fingerprint density at radius 1 is 1.10 bits per heavy atom. The van der Waals surface area contributed by atoms with Gasteiger partial charge in [-0.1, -0.05) is 0 Å². The lowest BCUT2D eigenvalue weighted by molar-refractivity contribution is 0.331. The first-order valence-corrected chi connectivity index (χ1v) is 8.20. The van der Waals surface area contributed by atoms with Gasteiger partial charge in [0.2, 0.25) is 0 Å². The van der Waals surface area contributed by atoms with Crippen LogP contribution in [0, 0.1) is 0 Å². The van der Waals surface area contributed by atoms with Gasteiger partial charge in [-0.15, -0.1) is 0 Å². The summed E-state index contributed by atoms with van der Waals surface area (Å²) in [6, 6.07) is 7.53. The zero-order valence-corrected chi connectivity index (χ0v) is 13.1. The molecule has 1 aromatic carbocycles. The molecule has 1 saturated carbocycles. The second kappa shape index (κ2) is 6.56. The van der Waals surface area contributed by atoms with Crippen molar-refractivity contribution in [2.24, 2.45) is 0 Å². The largest absolute Gasteiger partial charge is 0.494 e. The van der Waals surface area contributed by atoms with Crippen molar-refractivity contribution in [1.29, 1.82) is 0 Å². The van der Waals surface area contributed by atoms with Crippen LogP contribution in [0.15, 0.2) is 18.2 Å². The van der Waals surface area contributed by atoms with Crippen LogP contribution in [-0.4, -0.2) is 38.4 Å². The number of hydrogen-bond acceptors (Lipinski definition) is 4. The van der Waals surface area contributed by atoms with Gasteiger partial charge >= 0.3 is 0 Å². The molecule has 21 heavy (non-hydrogen) atoms. The molecule has 1 heterocycles. The van der Waals surface area contributed by atoms with Crippen LogP contribution in [0.3, 0.4) is 0 Å². The summed E-state index contributed by atoms with van der Waals surface area (Å²) in [6.45, 7) is 7.58. The average Bonchev–Trinajstić information content (AvgIpc) is 3.17. The first-order valence-electron chi connectivity index (χ1n) is 8.20. The Balaban J connectivity index is 1.73. The smallest absolute Gasteiger partial charge is 0.142 e. The molecule has 0 bridgehead atoms. The van der Waals surface area contributed by atoms with E-state index in [4.69, 9.17) is 9.47 Å². The van der Waals surface area contributed by atoms with Gasteiger partial charge in [0.1, 0.15) is 11.5 Å². The van der Waals surface area contributed by atoms with Crippen molar-refractivity contribution in [3.8, 4) is 11.5 Å². The Kier molecular flexibility index (Phi) is 4.54. The van der Waals surface area contributed by atoms with Gasteiger partial charge in [-0.25, -0.2) is 0 Å². The quantitative estimate of drug-likeness (QED) is 0.837. The second-order valence-corrected chi connectivity index (χ2v) is 5.87. The fraction of sp³-hybridized carbons (Fsp3) is 0.647. The van der Waals surface area contributed by atoms with Crippen molar-refractivity contribution >= 4 is 5.69 Å². The summed E-state index contributed by atoms with van der Waals surface area (Å²) in [5.74, 6) is 1.89. The van der Waals surface area contributed by atoms with E-state index < -0.39 is 0 Å². The van der Waals surface area contributed by atoms with Crippen LogP contribution in [0.4, 0.5) is 5.69 Å². The molecule has 1 aliphatic carbocycles. The summed E-state index contributed by atoms with van der Waals surface area (Å²) < 4.78 is 11.4. The highest BCUT2D eigenvalue weighted by molar-refractivity contribution is 5.62. The summed E-state index contributed by atoms with van der Waals surface area (Å²) >= 11 is 0. The molecule has 0 amide bonds. The third-order valence-corrected chi connectivity index (χ3v) is 4.12. The van der Waals surface area contributed by atoms with E-state index >= 15 is 0 Å². The van der Waals surface area contributed by atoms with Gasteiger partial charge in [0.05, 0.1) is 18.9 Å². The zero-order chi connectivity index (χ0) is 14.7. The lowest BCUT2D eigenvalue weighted by Gasteiger charge is -2.23. The molecule has 1 atom stereocenters. The maximum Gasteiger partial charge on any atom is 0.142 e. The first-order chi connectivity index (χ1) is 10.3. The molecule has 116 valence electrons. The van der Waals surface area contributed by atoms with Crippen LogP contribution in [0.1, 0.15) is 33.1 Å². The monoisotopic (exact) mass is 290 g/mol. The van der Waals surface area contributed by atoms with E-state index in [2.05, 4.69) is 16.3 Å². The van der Waals surface area contributed by atoms with Crippen molar-refractivity contribution in [2.45, 2.75) is 45.2 Å². The molecule has 0 radical (unpaired) electrons. The zero-order valence-electron chi connectivity index (χ0n) is 13.1. The minimum atomic E-state index is 0.614. The summed E-state index contributed by atoms with van der Waals surface area (Å²) in [7, 11) is 0. The predicted octanol–water partition coefficient (Wildman–Crippen LogP) is 2.81. The molecule has 0 aromatic heterocycles. The minimum Gasteiger partial charge on any atom is -0.494 e. The fourth-order valence-electron chi connectivity index (χ4n) is 2.98. The fourth-order valence-corrected chi connectivity index (χ4v) is 2.98. The van der Waals surface area contributed by atoms with Gasteiger partial charge in [0.15, 0.2) is 0 Å². The standard InChI is InChI=1S/C17H26N2O2/c1-3-20-15-7-8-17(21-4-2)16(11-15)19-10-9-14(12-19)18-13-5-6-13/h7-8,11,13-14,18H,3-6,9-10,12H2,1-2H3. The van der Waals surface area contributed by atoms with Gasteiger partial charge < -0.3 is 19.7 Å². The second-order valence-electron chi connectivity index (χ2n) is 5.87. The number of hydrogen-bond donors (Lipinski definition) is 1. The first kappa shape index (κ1) is 14.5. The van der Waals surface area contributed by atoms with Crippen molar-refractivity contribution in [3.63, 3.8) is 0 Å². The molecule has 1 saturated heterocycles. The van der Waals surface area contributed by atoms with E-state index in [-0.39, 0.29) is 0 Å². The van der Waals surface area contributed by atoms with E-state index in [9.17, 15) is 0 Å². The van der Waals surface area contributed by atoms with Gasteiger partial charge in [0.25, 0.3) is 0 Å². The predicted molar refractivity (Wildman–Crippen MR) is 85.6 cm³/mol. The highest BCUT2D eigenvalue weighted by Crippen LogP contribution is 2.35. The maximum atomic E-state index is 5.79. The molecule has 2 fully saturated rings. The normalized spacial score (nSPS) is 21.6. The number of benzene rings is 1. The molecule has 3 rings (SSSR count). The SMILES string of the molecule is CCOc1ccc(OCC)c(N2CCC(NC3CC3)C2)c1.